The number of fused-ring (bicyclic) bond motifs is 1. The molecule has 0 N–H and O–H groups in total. The Kier molecular flexibility index (Phi) is 4.76. The smallest absolute Gasteiger partial charge is 0.140 e. The zero-order valence-electron chi connectivity index (χ0n) is 16.2. The van der Waals surface area contributed by atoms with Crippen LogP contribution in [0.3, 0.4) is 0 Å². The van der Waals surface area contributed by atoms with Crippen LogP contribution in [0.15, 0.2) is 54.7 Å². The van der Waals surface area contributed by atoms with E-state index >= 15 is 0 Å². The standard InChI is InChI=1S/C24H23ClN2O2/c25-22-7-12-26-23-15-18(3-6-21(22)23)17-1-4-19(5-2-17)29-20-8-13-27(14-9-20)24(16-28)10-11-24/h1-7,12,15-16,20H,8-11,13-14H2. The predicted octanol–water partition coefficient (Wildman–Crippen LogP) is 5.13. The molecule has 3 aromatic rings. The van der Waals surface area contributed by atoms with Gasteiger partial charge >= 0.3 is 0 Å². The van der Waals surface area contributed by atoms with Crippen molar-refractivity contribution in [2.24, 2.45) is 0 Å². The molecule has 2 fully saturated rings. The van der Waals surface area contributed by atoms with Crippen LogP contribution in [0.1, 0.15) is 25.7 Å². The Hall–Kier alpha value is -2.43. The lowest BCUT2D eigenvalue weighted by molar-refractivity contribution is -0.114. The van der Waals surface area contributed by atoms with Crippen molar-refractivity contribution in [3.05, 3.63) is 59.8 Å². The van der Waals surface area contributed by atoms with E-state index in [4.69, 9.17) is 16.3 Å². The first-order valence-electron chi connectivity index (χ1n) is 10.2. The lowest BCUT2D eigenvalue weighted by Crippen LogP contribution is -2.46. The Labute approximate surface area is 175 Å². The fourth-order valence-corrected chi connectivity index (χ4v) is 4.48. The Morgan fingerprint density at radius 1 is 1.03 bits per heavy atom. The van der Waals surface area contributed by atoms with Gasteiger partial charge in [-0.1, -0.05) is 35.9 Å². The van der Waals surface area contributed by atoms with E-state index in [-0.39, 0.29) is 11.6 Å². The topological polar surface area (TPSA) is 42.4 Å². The molecule has 1 aromatic heterocycles. The van der Waals surface area contributed by atoms with E-state index in [1.54, 1.807) is 6.20 Å². The summed E-state index contributed by atoms with van der Waals surface area (Å²) >= 11 is 6.24. The number of halogens is 1. The van der Waals surface area contributed by atoms with E-state index in [0.29, 0.717) is 0 Å². The number of piperidine rings is 1. The monoisotopic (exact) mass is 406 g/mol. The van der Waals surface area contributed by atoms with Gasteiger partial charge in [-0.2, -0.15) is 0 Å². The van der Waals surface area contributed by atoms with Gasteiger partial charge in [0.1, 0.15) is 18.1 Å². The van der Waals surface area contributed by atoms with Crippen molar-refractivity contribution in [1.29, 1.82) is 0 Å². The van der Waals surface area contributed by atoms with Gasteiger partial charge in [0.2, 0.25) is 0 Å². The Morgan fingerprint density at radius 3 is 2.45 bits per heavy atom. The van der Waals surface area contributed by atoms with E-state index in [0.717, 1.165) is 77.9 Å². The zero-order valence-corrected chi connectivity index (χ0v) is 16.9. The molecular weight excluding hydrogens is 384 g/mol. The molecule has 0 amide bonds. The summed E-state index contributed by atoms with van der Waals surface area (Å²) in [6.07, 6.45) is 7.05. The minimum Gasteiger partial charge on any atom is -0.490 e. The van der Waals surface area contributed by atoms with Crippen molar-refractivity contribution in [1.82, 2.24) is 9.88 Å². The van der Waals surface area contributed by atoms with Crippen LogP contribution in [-0.4, -0.2) is 40.9 Å². The molecule has 0 radical (unpaired) electrons. The van der Waals surface area contributed by atoms with Gasteiger partial charge in [0.25, 0.3) is 0 Å². The SMILES string of the molecule is O=CC1(N2CCC(Oc3ccc(-c4ccc5c(Cl)ccnc5c4)cc3)CC2)CC1. The number of carbonyl (C=O) groups excluding carboxylic acids is 1. The van der Waals surface area contributed by atoms with Gasteiger partial charge in [0, 0.05) is 24.7 Å². The third-order valence-electron chi connectivity index (χ3n) is 6.23. The van der Waals surface area contributed by atoms with Crippen LogP contribution in [0.25, 0.3) is 22.0 Å². The van der Waals surface area contributed by atoms with Crippen molar-refractivity contribution in [3.8, 4) is 16.9 Å². The molecule has 148 valence electrons. The summed E-state index contributed by atoms with van der Waals surface area (Å²) in [7, 11) is 0. The third-order valence-corrected chi connectivity index (χ3v) is 6.56. The van der Waals surface area contributed by atoms with Crippen LogP contribution >= 0.6 is 11.6 Å². The van der Waals surface area contributed by atoms with E-state index in [9.17, 15) is 4.79 Å². The molecule has 4 nitrogen and oxygen atoms in total. The molecular formula is C24H23ClN2O2. The van der Waals surface area contributed by atoms with Crippen LogP contribution in [0, 0.1) is 0 Å². The molecule has 5 rings (SSSR count). The van der Waals surface area contributed by atoms with Crippen molar-refractivity contribution in [2.45, 2.75) is 37.3 Å². The van der Waals surface area contributed by atoms with E-state index < -0.39 is 0 Å². The summed E-state index contributed by atoms with van der Waals surface area (Å²) in [4.78, 5) is 18.1. The number of likely N-dealkylation sites (tertiary alicyclic amines) is 1. The molecule has 1 aliphatic heterocycles. The fourth-order valence-electron chi connectivity index (χ4n) is 4.27. The van der Waals surface area contributed by atoms with Gasteiger partial charge < -0.3 is 9.53 Å². The summed E-state index contributed by atoms with van der Waals surface area (Å²) in [6.45, 7) is 1.88. The molecule has 5 heteroatoms. The van der Waals surface area contributed by atoms with Crippen molar-refractivity contribution >= 4 is 28.8 Å². The highest BCUT2D eigenvalue weighted by atomic mass is 35.5. The van der Waals surface area contributed by atoms with Crippen LogP contribution in [0.5, 0.6) is 5.75 Å². The number of ether oxygens (including phenoxy) is 1. The first-order chi connectivity index (χ1) is 14.2. The molecule has 0 atom stereocenters. The second-order valence-electron chi connectivity index (χ2n) is 8.07. The average Bonchev–Trinajstić information content (AvgIpc) is 3.56. The lowest BCUT2D eigenvalue weighted by atomic mass is 10.0. The first kappa shape index (κ1) is 18.6. The summed E-state index contributed by atoms with van der Waals surface area (Å²) < 4.78 is 6.20. The maximum atomic E-state index is 11.3. The largest absolute Gasteiger partial charge is 0.490 e. The molecule has 29 heavy (non-hydrogen) atoms. The van der Waals surface area contributed by atoms with Gasteiger partial charge in [0.15, 0.2) is 0 Å². The van der Waals surface area contributed by atoms with Crippen LogP contribution in [-0.2, 0) is 4.79 Å². The fraction of sp³-hybridized carbons (Fsp3) is 0.333. The maximum absolute atomic E-state index is 11.3. The number of nitrogens with zero attached hydrogens (tertiary/aromatic N) is 2. The zero-order chi connectivity index (χ0) is 19.8. The molecule has 0 bridgehead atoms. The number of hydrogen-bond donors (Lipinski definition) is 0. The third kappa shape index (κ3) is 3.63. The molecule has 1 aliphatic carbocycles. The van der Waals surface area contributed by atoms with E-state index in [2.05, 4.69) is 34.1 Å². The number of carbonyl (C=O) groups is 1. The summed E-state index contributed by atoms with van der Waals surface area (Å²) in [6, 6.07) is 16.2. The highest BCUT2D eigenvalue weighted by molar-refractivity contribution is 6.35. The van der Waals surface area contributed by atoms with Crippen molar-refractivity contribution in [3.63, 3.8) is 0 Å². The number of hydrogen-bond acceptors (Lipinski definition) is 4. The van der Waals surface area contributed by atoms with Gasteiger partial charge in [0.05, 0.1) is 16.1 Å². The number of aromatic nitrogens is 1. The maximum Gasteiger partial charge on any atom is 0.140 e. The minimum atomic E-state index is -0.147. The van der Waals surface area contributed by atoms with Gasteiger partial charge in [-0.3, -0.25) is 9.88 Å². The number of aldehydes is 1. The number of benzene rings is 2. The van der Waals surface area contributed by atoms with E-state index in [1.807, 2.05) is 24.3 Å². The predicted molar refractivity (Wildman–Crippen MR) is 115 cm³/mol. The van der Waals surface area contributed by atoms with Gasteiger partial charge in [-0.05, 0) is 61.1 Å². The first-order valence-corrected chi connectivity index (χ1v) is 10.6. The summed E-state index contributed by atoms with van der Waals surface area (Å²) in [5.41, 5.74) is 2.98. The summed E-state index contributed by atoms with van der Waals surface area (Å²) in [5.74, 6) is 0.894. The average molecular weight is 407 g/mol. The van der Waals surface area contributed by atoms with Gasteiger partial charge in [-0.15, -0.1) is 0 Å². The quantitative estimate of drug-likeness (QED) is 0.551. The van der Waals surface area contributed by atoms with E-state index in [1.165, 1.54) is 0 Å². The molecule has 0 unspecified atom stereocenters. The minimum absolute atomic E-state index is 0.147. The van der Waals surface area contributed by atoms with Gasteiger partial charge in [-0.25, -0.2) is 0 Å². The molecule has 1 saturated carbocycles. The highest BCUT2D eigenvalue weighted by Gasteiger charge is 2.48. The Morgan fingerprint density at radius 2 is 1.76 bits per heavy atom. The number of rotatable bonds is 5. The Bertz CT molecular complexity index is 1040. The van der Waals surface area contributed by atoms with Crippen LogP contribution in [0.4, 0.5) is 0 Å². The second kappa shape index (κ2) is 7.43. The lowest BCUT2D eigenvalue weighted by Gasteiger charge is -2.35. The Balaban J connectivity index is 1.25. The molecule has 2 aromatic carbocycles. The van der Waals surface area contributed by atoms with Crippen molar-refractivity contribution in [2.75, 3.05) is 13.1 Å². The number of pyridine rings is 1. The van der Waals surface area contributed by atoms with Crippen LogP contribution in [0.2, 0.25) is 5.02 Å². The second-order valence-corrected chi connectivity index (χ2v) is 8.48. The van der Waals surface area contributed by atoms with Crippen LogP contribution < -0.4 is 4.74 Å². The molecule has 2 heterocycles. The molecule has 1 saturated heterocycles. The molecule has 2 aliphatic rings. The van der Waals surface area contributed by atoms with Crippen molar-refractivity contribution < 1.29 is 9.53 Å². The summed E-state index contributed by atoms with van der Waals surface area (Å²) in [5, 5.41) is 1.68. The normalized spacial score (nSPS) is 19.2. The highest BCUT2D eigenvalue weighted by Crippen LogP contribution is 2.41. The molecule has 0 spiro atoms.